The highest BCUT2D eigenvalue weighted by Crippen LogP contribution is 2.32. The van der Waals surface area contributed by atoms with Crippen LogP contribution in [0, 0.1) is 18.6 Å². The van der Waals surface area contributed by atoms with Crippen LogP contribution in [0.2, 0.25) is 0 Å². The minimum atomic E-state index is -0.657. The molecule has 1 fully saturated rings. The lowest BCUT2D eigenvalue weighted by Gasteiger charge is -2.28. The van der Waals surface area contributed by atoms with Crippen molar-refractivity contribution in [1.29, 1.82) is 0 Å². The van der Waals surface area contributed by atoms with Gasteiger partial charge in [-0.1, -0.05) is 17.3 Å². The summed E-state index contributed by atoms with van der Waals surface area (Å²) < 4.78 is 33.7. The van der Waals surface area contributed by atoms with Crippen LogP contribution in [0.15, 0.2) is 60.0 Å². The molecule has 3 aromatic rings. The maximum atomic E-state index is 14.8. The second-order valence-electron chi connectivity index (χ2n) is 7.70. The average Bonchev–Trinajstić information content (AvgIpc) is 2.81. The van der Waals surface area contributed by atoms with Crippen molar-refractivity contribution in [3.05, 3.63) is 88.9 Å². The van der Waals surface area contributed by atoms with Crippen LogP contribution >= 0.6 is 0 Å². The van der Waals surface area contributed by atoms with E-state index in [1.807, 2.05) is 19.1 Å². The topological polar surface area (TPSA) is 70.8 Å². The zero-order chi connectivity index (χ0) is 22.5. The summed E-state index contributed by atoms with van der Waals surface area (Å²) in [7, 11) is 0. The summed E-state index contributed by atoms with van der Waals surface area (Å²) in [6.07, 6.45) is 3.52. The third-order valence-electron chi connectivity index (χ3n) is 5.59. The predicted molar refractivity (Wildman–Crippen MR) is 117 cm³/mol. The molecule has 1 atom stereocenters. The van der Waals surface area contributed by atoms with Gasteiger partial charge in [0, 0.05) is 55.1 Å². The molecule has 4 rings (SSSR count). The molecule has 0 saturated carbocycles. The van der Waals surface area contributed by atoms with Crippen molar-refractivity contribution in [3.63, 3.8) is 0 Å². The first-order valence-electron chi connectivity index (χ1n) is 10.4. The fourth-order valence-corrected chi connectivity index (χ4v) is 3.91. The van der Waals surface area contributed by atoms with Crippen molar-refractivity contribution in [2.45, 2.75) is 19.3 Å². The standard InChI is InChI=1S/C24H24F2N4O2/c1-16-12-17(6-7-27-16)23(29-31)14-21(20-4-3-19(25)13-22(20)26)18-2-5-24(28-15-18)30-8-10-32-11-9-30/h2-7,12-13,15,21,31H,8-11,14H2,1H3/b29-23-. The van der Waals surface area contributed by atoms with Gasteiger partial charge in [0.05, 0.1) is 18.9 Å². The van der Waals surface area contributed by atoms with E-state index in [-0.39, 0.29) is 6.42 Å². The van der Waals surface area contributed by atoms with Crippen LogP contribution in [0.3, 0.4) is 0 Å². The zero-order valence-electron chi connectivity index (χ0n) is 17.7. The highest BCUT2D eigenvalue weighted by atomic mass is 19.1. The van der Waals surface area contributed by atoms with Crippen LogP contribution in [0.1, 0.15) is 34.7 Å². The van der Waals surface area contributed by atoms with Crippen LogP contribution in [-0.2, 0) is 4.74 Å². The van der Waals surface area contributed by atoms with E-state index in [9.17, 15) is 14.0 Å². The first kappa shape index (κ1) is 21.8. The molecule has 1 N–H and O–H groups in total. The number of nitrogens with zero attached hydrogens (tertiary/aromatic N) is 4. The molecule has 1 unspecified atom stereocenters. The maximum absolute atomic E-state index is 14.8. The fourth-order valence-electron chi connectivity index (χ4n) is 3.91. The number of aromatic nitrogens is 2. The Morgan fingerprint density at radius 2 is 1.94 bits per heavy atom. The van der Waals surface area contributed by atoms with Gasteiger partial charge in [0.15, 0.2) is 0 Å². The number of morpholine rings is 1. The van der Waals surface area contributed by atoms with Crippen molar-refractivity contribution in [2.75, 3.05) is 31.2 Å². The lowest BCUT2D eigenvalue weighted by atomic mass is 9.86. The Kier molecular flexibility index (Phi) is 6.70. The van der Waals surface area contributed by atoms with Gasteiger partial charge in [-0.3, -0.25) is 4.98 Å². The Labute approximate surface area is 185 Å². The SMILES string of the molecule is Cc1cc(/C(CC(c2ccc(N3CCOCC3)nc2)c2ccc(F)cc2F)=N\O)ccn1. The second-order valence-corrected chi connectivity index (χ2v) is 7.70. The average molecular weight is 438 g/mol. The maximum Gasteiger partial charge on any atom is 0.129 e. The van der Waals surface area contributed by atoms with Gasteiger partial charge < -0.3 is 14.8 Å². The second kappa shape index (κ2) is 9.82. The molecule has 0 bridgehead atoms. The molecule has 6 nitrogen and oxygen atoms in total. The van der Waals surface area contributed by atoms with Gasteiger partial charge in [0.2, 0.25) is 0 Å². The van der Waals surface area contributed by atoms with E-state index in [0.717, 1.165) is 36.2 Å². The third kappa shape index (κ3) is 4.91. The van der Waals surface area contributed by atoms with Crippen molar-refractivity contribution in [3.8, 4) is 0 Å². The fraction of sp³-hybridized carbons (Fsp3) is 0.292. The Hall–Kier alpha value is -3.39. The molecule has 0 aliphatic carbocycles. The molecule has 0 spiro atoms. The Morgan fingerprint density at radius 3 is 2.59 bits per heavy atom. The molecule has 166 valence electrons. The number of benzene rings is 1. The van der Waals surface area contributed by atoms with Crippen LogP contribution in [0.5, 0.6) is 0 Å². The molecule has 8 heteroatoms. The number of halogens is 2. The molecule has 32 heavy (non-hydrogen) atoms. The van der Waals surface area contributed by atoms with E-state index in [2.05, 4.69) is 20.0 Å². The Morgan fingerprint density at radius 1 is 1.12 bits per heavy atom. The summed E-state index contributed by atoms with van der Waals surface area (Å²) in [5.41, 5.74) is 2.87. The smallest absolute Gasteiger partial charge is 0.129 e. The van der Waals surface area contributed by atoms with E-state index >= 15 is 0 Å². The molecular weight excluding hydrogens is 414 g/mol. The summed E-state index contributed by atoms with van der Waals surface area (Å²) in [4.78, 5) is 10.9. The molecule has 0 radical (unpaired) electrons. The van der Waals surface area contributed by atoms with Crippen LogP contribution in [-0.4, -0.2) is 47.2 Å². The van der Waals surface area contributed by atoms with Gasteiger partial charge in [-0.05, 0) is 42.3 Å². The van der Waals surface area contributed by atoms with Crippen molar-refractivity contribution in [2.24, 2.45) is 5.16 Å². The van der Waals surface area contributed by atoms with Gasteiger partial charge >= 0.3 is 0 Å². The molecule has 1 aliphatic heterocycles. The Bertz CT molecular complexity index is 1100. The molecule has 1 aromatic carbocycles. The summed E-state index contributed by atoms with van der Waals surface area (Å²) >= 11 is 0. The number of hydrogen-bond donors (Lipinski definition) is 1. The lowest BCUT2D eigenvalue weighted by molar-refractivity contribution is 0.122. The van der Waals surface area contributed by atoms with Gasteiger partial charge in [-0.2, -0.15) is 0 Å². The lowest BCUT2D eigenvalue weighted by Crippen LogP contribution is -2.36. The summed E-state index contributed by atoms with van der Waals surface area (Å²) in [5.74, 6) is -1.01. The molecular formula is C24H24F2N4O2. The minimum Gasteiger partial charge on any atom is -0.411 e. The quantitative estimate of drug-likeness (QED) is 0.353. The largest absolute Gasteiger partial charge is 0.411 e. The van der Waals surface area contributed by atoms with E-state index in [1.165, 1.54) is 12.1 Å². The molecule has 2 aromatic heterocycles. The first-order valence-corrected chi connectivity index (χ1v) is 10.4. The third-order valence-corrected chi connectivity index (χ3v) is 5.59. The van der Waals surface area contributed by atoms with Crippen molar-refractivity contribution in [1.82, 2.24) is 9.97 Å². The summed E-state index contributed by atoms with van der Waals surface area (Å²) in [5, 5.41) is 13.2. The van der Waals surface area contributed by atoms with Gasteiger partial charge in [-0.15, -0.1) is 0 Å². The van der Waals surface area contributed by atoms with Crippen LogP contribution < -0.4 is 4.90 Å². The van der Waals surface area contributed by atoms with Crippen molar-refractivity contribution < 1.29 is 18.7 Å². The minimum absolute atomic E-state index is 0.196. The number of hydrogen-bond acceptors (Lipinski definition) is 6. The molecule has 0 amide bonds. The molecule has 3 heterocycles. The predicted octanol–water partition coefficient (Wildman–Crippen LogP) is 4.30. The normalized spacial score (nSPS) is 15.6. The van der Waals surface area contributed by atoms with Crippen LogP contribution in [0.4, 0.5) is 14.6 Å². The number of oxime groups is 1. The Balaban J connectivity index is 1.69. The summed E-state index contributed by atoms with van der Waals surface area (Å²) in [6, 6.07) is 10.8. The number of rotatable bonds is 6. The van der Waals surface area contributed by atoms with E-state index in [1.54, 1.807) is 24.5 Å². The highest BCUT2D eigenvalue weighted by molar-refractivity contribution is 6.00. The van der Waals surface area contributed by atoms with E-state index in [4.69, 9.17) is 4.74 Å². The number of pyridine rings is 2. The first-order chi connectivity index (χ1) is 15.5. The van der Waals surface area contributed by atoms with Crippen LogP contribution in [0.25, 0.3) is 0 Å². The highest BCUT2D eigenvalue weighted by Gasteiger charge is 2.23. The van der Waals surface area contributed by atoms with Gasteiger partial charge in [-0.25, -0.2) is 13.8 Å². The molecule has 1 saturated heterocycles. The van der Waals surface area contributed by atoms with E-state index in [0.29, 0.717) is 30.1 Å². The summed E-state index contributed by atoms with van der Waals surface area (Å²) in [6.45, 7) is 4.64. The number of aryl methyl sites for hydroxylation is 1. The monoisotopic (exact) mass is 438 g/mol. The molecule has 1 aliphatic rings. The van der Waals surface area contributed by atoms with Gasteiger partial charge in [0.1, 0.15) is 17.5 Å². The number of anilines is 1. The van der Waals surface area contributed by atoms with Crippen molar-refractivity contribution >= 4 is 11.5 Å². The number of ether oxygens (including phenoxy) is 1. The van der Waals surface area contributed by atoms with Gasteiger partial charge in [0.25, 0.3) is 0 Å². The van der Waals surface area contributed by atoms with E-state index < -0.39 is 17.6 Å². The zero-order valence-corrected chi connectivity index (χ0v) is 17.7.